The van der Waals surface area contributed by atoms with E-state index in [-0.39, 0.29) is 23.7 Å². The zero-order valence-corrected chi connectivity index (χ0v) is 12.1. The molecule has 0 heterocycles. The van der Waals surface area contributed by atoms with Crippen LogP contribution in [0.1, 0.15) is 51.4 Å². The summed E-state index contributed by atoms with van der Waals surface area (Å²) >= 11 is 0. The van der Waals surface area contributed by atoms with Crippen LogP contribution in [0.3, 0.4) is 0 Å². The van der Waals surface area contributed by atoms with Crippen LogP contribution < -0.4 is 11.1 Å². The van der Waals surface area contributed by atoms with Crippen LogP contribution in [-0.4, -0.2) is 30.1 Å². The lowest BCUT2D eigenvalue weighted by Crippen LogP contribution is -2.45. The van der Waals surface area contributed by atoms with Crippen LogP contribution in [0.5, 0.6) is 0 Å². The zero-order valence-electron chi connectivity index (χ0n) is 12.1. The summed E-state index contributed by atoms with van der Waals surface area (Å²) in [6, 6.07) is 0. The van der Waals surface area contributed by atoms with Crippen molar-refractivity contribution in [2.24, 2.45) is 23.0 Å². The second kappa shape index (κ2) is 6.57. The molecular formula is C15H26N2O3. The van der Waals surface area contributed by atoms with Gasteiger partial charge in [-0.1, -0.05) is 6.42 Å². The molecular weight excluding hydrogens is 256 g/mol. The number of nitrogens with two attached hydrogens (primary N) is 1. The molecule has 20 heavy (non-hydrogen) atoms. The van der Waals surface area contributed by atoms with E-state index in [1.54, 1.807) is 0 Å². The molecule has 2 fully saturated rings. The Morgan fingerprint density at radius 2 is 1.85 bits per heavy atom. The van der Waals surface area contributed by atoms with Crippen molar-refractivity contribution in [2.45, 2.75) is 51.4 Å². The van der Waals surface area contributed by atoms with E-state index in [1.807, 2.05) is 0 Å². The van der Waals surface area contributed by atoms with Crippen molar-refractivity contribution >= 4 is 11.9 Å². The molecule has 0 spiro atoms. The van der Waals surface area contributed by atoms with Gasteiger partial charge in [-0.15, -0.1) is 0 Å². The molecule has 4 N–H and O–H groups in total. The minimum Gasteiger partial charge on any atom is -0.481 e. The molecule has 0 radical (unpaired) electrons. The van der Waals surface area contributed by atoms with E-state index in [0.29, 0.717) is 12.5 Å². The van der Waals surface area contributed by atoms with Gasteiger partial charge in [-0.05, 0) is 56.4 Å². The summed E-state index contributed by atoms with van der Waals surface area (Å²) in [6.45, 7) is 1.24. The van der Waals surface area contributed by atoms with Crippen molar-refractivity contribution in [1.29, 1.82) is 0 Å². The molecule has 114 valence electrons. The summed E-state index contributed by atoms with van der Waals surface area (Å²) in [6.07, 6.45) is 6.99. The molecule has 5 nitrogen and oxygen atoms in total. The quantitative estimate of drug-likeness (QED) is 0.688. The van der Waals surface area contributed by atoms with Crippen molar-refractivity contribution in [1.82, 2.24) is 5.32 Å². The summed E-state index contributed by atoms with van der Waals surface area (Å²) in [5.74, 6) is 0.0170. The van der Waals surface area contributed by atoms with E-state index >= 15 is 0 Å². The predicted molar refractivity (Wildman–Crippen MR) is 76.0 cm³/mol. The molecule has 0 aliphatic heterocycles. The van der Waals surface area contributed by atoms with Gasteiger partial charge in [0.1, 0.15) is 0 Å². The molecule has 0 aromatic carbocycles. The van der Waals surface area contributed by atoms with Gasteiger partial charge in [-0.25, -0.2) is 0 Å². The fraction of sp³-hybridized carbons (Fsp3) is 0.867. The second-order valence-electron chi connectivity index (χ2n) is 6.60. The van der Waals surface area contributed by atoms with Crippen LogP contribution >= 0.6 is 0 Å². The molecule has 0 aromatic heterocycles. The molecule has 1 amide bonds. The highest BCUT2D eigenvalue weighted by Crippen LogP contribution is 2.43. The second-order valence-corrected chi connectivity index (χ2v) is 6.60. The van der Waals surface area contributed by atoms with Gasteiger partial charge in [0.2, 0.25) is 5.91 Å². The van der Waals surface area contributed by atoms with E-state index < -0.39 is 5.97 Å². The third-order valence-corrected chi connectivity index (χ3v) is 5.13. The van der Waals surface area contributed by atoms with Gasteiger partial charge >= 0.3 is 5.97 Å². The van der Waals surface area contributed by atoms with Gasteiger partial charge < -0.3 is 16.2 Å². The topological polar surface area (TPSA) is 92.4 Å². The molecule has 0 aromatic rings. The van der Waals surface area contributed by atoms with Gasteiger partial charge in [0.25, 0.3) is 0 Å². The number of nitrogens with one attached hydrogen (secondary N) is 1. The maximum Gasteiger partial charge on any atom is 0.303 e. The minimum atomic E-state index is -0.762. The lowest BCUT2D eigenvalue weighted by molar-refractivity contribution is -0.142. The first-order valence-electron chi connectivity index (χ1n) is 7.74. The summed E-state index contributed by atoms with van der Waals surface area (Å²) in [5, 5.41) is 12.0. The largest absolute Gasteiger partial charge is 0.481 e. The van der Waals surface area contributed by atoms with Crippen LogP contribution in [0.2, 0.25) is 0 Å². The lowest BCUT2D eigenvalue weighted by atomic mass is 9.66. The Morgan fingerprint density at radius 1 is 1.20 bits per heavy atom. The van der Waals surface area contributed by atoms with Crippen molar-refractivity contribution in [3.8, 4) is 0 Å². The third-order valence-electron chi connectivity index (χ3n) is 5.13. The Kier molecular flexibility index (Phi) is 5.02. The van der Waals surface area contributed by atoms with Crippen molar-refractivity contribution in [2.75, 3.05) is 13.1 Å². The Bertz CT molecular complexity index is 358. The molecule has 2 saturated carbocycles. The van der Waals surface area contributed by atoms with Gasteiger partial charge in [0.05, 0.1) is 6.42 Å². The molecule has 0 atom stereocenters. The number of carboxylic acids is 1. The number of amides is 1. The molecule has 2 rings (SSSR count). The first kappa shape index (κ1) is 15.3. The van der Waals surface area contributed by atoms with Crippen LogP contribution in [0.25, 0.3) is 0 Å². The van der Waals surface area contributed by atoms with Crippen LogP contribution in [0.4, 0.5) is 0 Å². The van der Waals surface area contributed by atoms with Crippen molar-refractivity contribution in [3.05, 3.63) is 0 Å². The molecule has 2 aliphatic rings. The third kappa shape index (κ3) is 3.72. The van der Waals surface area contributed by atoms with E-state index in [2.05, 4.69) is 5.32 Å². The standard InChI is InChI=1S/C15H26N2O3/c16-9-11-2-4-12(5-3-11)14(20)17-10-15(6-1-7-15)8-13(18)19/h11-12H,1-10,16H2,(H,17,20)(H,18,19). The highest BCUT2D eigenvalue weighted by atomic mass is 16.4. The maximum atomic E-state index is 12.2. The number of carbonyl (C=O) groups excluding carboxylic acids is 1. The number of hydrogen-bond acceptors (Lipinski definition) is 3. The zero-order chi connectivity index (χ0) is 14.6. The van der Waals surface area contributed by atoms with Gasteiger partial charge in [0.15, 0.2) is 0 Å². The average molecular weight is 282 g/mol. The molecule has 0 unspecified atom stereocenters. The SMILES string of the molecule is NCC1CCC(C(=O)NCC2(CC(=O)O)CCC2)CC1. The monoisotopic (exact) mass is 282 g/mol. The smallest absolute Gasteiger partial charge is 0.303 e. The van der Waals surface area contributed by atoms with Crippen molar-refractivity contribution < 1.29 is 14.7 Å². The fourth-order valence-electron chi connectivity index (χ4n) is 3.49. The Hall–Kier alpha value is -1.10. The van der Waals surface area contributed by atoms with E-state index in [1.165, 1.54) is 0 Å². The number of hydrogen-bond donors (Lipinski definition) is 3. The van der Waals surface area contributed by atoms with Crippen LogP contribution in [-0.2, 0) is 9.59 Å². The number of carboxylic acid groups (broad SMARTS) is 1. The number of rotatable bonds is 6. The van der Waals surface area contributed by atoms with Gasteiger partial charge in [0, 0.05) is 12.5 Å². The predicted octanol–water partition coefficient (Wildman–Crippen LogP) is 1.51. The summed E-state index contributed by atoms with van der Waals surface area (Å²) in [4.78, 5) is 23.1. The van der Waals surface area contributed by atoms with Gasteiger partial charge in [-0.3, -0.25) is 9.59 Å². The Labute approximate surface area is 120 Å². The average Bonchev–Trinajstić information content (AvgIpc) is 2.41. The van der Waals surface area contributed by atoms with Gasteiger partial charge in [-0.2, -0.15) is 0 Å². The summed E-state index contributed by atoms with van der Waals surface area (Å²) in [7, 11) is 0. The fourth-order valence-corrected chi connectivity index (χ4v) is 3.49. The van der Waals surface area contributed by atoms with E-state index in [0.717, 1.165) is 51.5 Å². The first-order chi connectivity index (χ1) is 9.54. The number of aliphatic carboxylic acids is 1. The highest BCUT2D eigenvalue weighted by molar-refractivity contribution is 5.78. The number of carbonyl (C=O) groups is 2. The van der Waals surface area contributed by atoms with Crippen LogP contribution in [0, 0.1) is 17.3 Å². The van der Waals surface area contributed by atoms with Crippen molar-refractivity contribution in [3.63, 3.8) is 0 Å². The molecule has 2 aliphatic carbocycles. The lowest BCUT2D eigenvalue weighted by Gasteiger charge is -2.41. The van der Waals surface area contributed by atoms with E-state index in [4.69, 9.17) is 10.8 Å². The summed E-state index contributed by atoms with van der Waals surface area (Å²) < 4.78 is 0. The molecule has 0 saturated heterocycles. The Morgan fingerprint density at radius 3 is 2.30 bits per heavy atom. The summed E-state index contributed by atoms with van der Waals surface area (Å²) in [5.41, 5.74) is 5.47. The normalized spacial score (nSPS) is 28.4. The van der Waals surface area contributed by atoms with Crippen LogP contribution in [0.15, 0.2) is 0 Å². The Balaban J connectivity index is 1.76. The highest BCUT2D eigenvalue weighted by Gasteiger charge is 2.39. The van der Waals surface area contributed by atoms with E-state index in [9.17, 15) is 9.59 Å². The molecule has 5 heteroatoms. The minimum absolute atomic E-state index is 0.0970. The molecule has 0 bridgehead atoms. The maximum absolute atomic E-state index is 12.2. The first-order valence-corrected chi connectivity index (χ1v) is 7.74.